The molecule has 1 atom stereocenters. The average molecular weight is 388 g/mol. The quantitative estimate of drug-likeness (QED) is 0.553. The third kappa shape index (κ3) is 5.09. The monoisotopic (exact) mass is 387 g/mol. The van der Waals surface area contributed by atoms with Gasteiger partial charge in [-0.3, -0.25) is 4.79 Å². The number of para-hydroxylation sites is 2. The molecule has 0 saturated carbocycles. The lowest BCUT2D eigenvalue weighted by Crippen LogP contribution is -2.32. The molecule has 1 heterocycles. The van der Waals surface area contributed by atoms with Crippen LogP contribution < -0.4 is 10.1 Å². The summed E-state index contributed by atoms with van der Waals surface area (Å²) < 4.78 is 6.97. The number of benzene rings is 1. The van der Waals surface area contributed by atoms with Crippen molar-refractivity contribution in [1.82, 2.24) is 25.5 Å². The average Bonchev–Trinajstić information content (AvgIpc) is 3.16. The molecular formula is C19H25N5O2S. The van der Waals surface area contributed by atoms with Crippen LogP contribution in [0.2, 0.25) is 0 Å². The van der Waals surface area contributed by atoms with Crippen LogP contribution in [-0.2, 0) is 4.79 Å². The van der Waals surface area contributed by atoms with Crippen molar-refractivity contribution in [2.24, 2.45) is 0 Å². The number of hydrogen-bond donors (Lipinski definition) is 1. The lowest BCUT2D eigenvalue weighted by atomic mass is 9.97. The molecule has 1 amide bonds. The van der Waals surface area contributed by atoms with Crippen LogP contribution in [0.15, 0.2) is 41.1 Å². The van der Waals surface area contributed by atoms with Gasteiger partial charge in [0.15, 0.2) is 0 Å². The summed E-state index contributed by atoms with van der Waals surface area (Å²) in [6.45, 7) is 2.54. The molecule has 144 valence electrons. The maximum absolute atomic E-state index is 12.4. The second-order valence-electron chi connectivity index (χ2n) is 6.45. The van der Waals surface area contributed by atoms with E-state index in [1.165, 1.54) is 36.6 Å². The molecule has 1 N–H and O–H groups in total. The Bertz CT molecular complexity index is 805. The van der Waals surface area contributed by atoms with Gasteiger partial charge in [-0.2, -0.15) is 4.68 Å². The SMILES string of the molecule is COc1ccccc1-n1nnnc1S[C@H](C)C(=O)NCCC1=CCCCC1. The Balaban J connectivity index is 1.58. The van der Waals surface area contributed by atoms with Gasteiger partial charge in [-0.1, -0.05) is 35.5 Å². The highest BCUT2D eigenvalue weighted by molar-refractivity contribution is 8.00. The van der Waals surface area contributed by atoms with Crippen molar-refractivity contribution >= 4 is 17.7 Å². The molecule has 1 aromatic carbocycles. The Kier molecular flexibility index (Phi) is 6.86. The van der Waals surface area contributed by atoms with Gasteiger partial charge in [0.2, 0.25) is 11.1 Å². The summed E-state index contributed by atoms with van der Waals surface area (Å²) in [5.41, 5.74) is 2.20. The minimum absolute atomic E-state index is 0.00835. The first-order valence-electron chi connectivity index (χ1n) is 9.23. The molecule has 0 fully saturated rings. The predicted molar refractivity (Wildman–Crippen MR) is 105 cm³/mol. The zero-order chi connectivity index (χ0) is 19.1. The molecule has 7 nitrogen and oxygen atoms in total. The maximum Gasteiger partial charge on any atom is 0.233 e. The van der Waals surface area contributed by atoms with Gasteiger partial charge < -0.3 is 10.1 Å². The maximum atomic E-state index is 12.4. The normalized spacial score (nSPS) is 15.1. The van der Waals surface area contributed by atoms with Crippen molar-refractivity contribution < 1.29 is 9.53 Å². The summed E-state index contributed by atoms with van der Waals surface area (Å²) in [4.78, 5) is 12.4. The van der Waals surface area contributed by atoms with E-state index < -0.39 is 0 Å². The van der Waals surface area contributed by atoms with E-state index in [-0.39, 0.29) is 11.2 Å². The number of nitrogens with one attached hydrogen (secondary N) is 1. The molecule has 3 rings (SSSR count). The van der Waals surface area contributed by atoms with Gasteiger partial charge in [0.1, 0.15) is 11.4 Å². The fourth-order valence-electron chi connectivity index (χ4n) is 3.04. The number of nitrogens with zero attached hydrogens (tertiary/aromatic N) is 4. The Morgan fingerprint density at radius 2 is 2.22 bits per heavy atom. The molecule has 0 bridgehead atoms. The van der Waals surface area contributed by atoms with Gasteiger partial charge in [0.05, 0.1) is 12.4 Å². The number of carbonyl (C=O) groups excluding carboxylic acids is 1. The van der Waals surface area contributed by atoms with Crippen LogP contribution in [-0.4, -0.2) is 45.0 Å². The Morgan fingerprint density at radius 1 is 1.37 bits per heavy atom. The number of aromatic nitrogens is 4. The molecule has 0 spiro atoms. The van der Waals surface area contributed by atoms with Crippen molar-refractivity contribution in [3.05, 3.63) is 35.9 Å². The fraction of sp³-hybridized carbons (Fsp3) is 0.474. The first-order chi connectivity index (χ1) is 13.2. The van der Waals surface area contributed by atoms with Gasteiger partial charge in [0, 0.05) is 6.54 Å². The molecular weight excluding hydrogens is 362 g/mol. The Morgan fingerprint density at radius 3 is 3.00 bits per heavy atom. The highest BCUT2D eigenvalue weighted by Crippen LogP contribution is 2.27. The molecule has 0 aliphatic heterocycles. The second-order valence-corrected chi connectivity index (χ2v) is 7.76. The highest BCUT2D eigenvalue weighted by atomic mass is 32.2. The van der Waals surface area contributed by atoms with Crippen LogP contribution >= 0.6 is 11.8 Å². The number of amides is 1. The summed E-state index contributed by atoms with van der Waals surface area (Å²) in [5, 5.41) is 15.1. The molecule has 8 heteroatoms. The topological polar surface area (TPSA) is 81.9 Å². The number of thioether (sulfide) groups is 1. The van der Waals surface area contributed by atoms with Crippen LogP contribution in [0.3, 0.4) is 0 Å². The molecule has 0 radical (unpaired) electrons. The molecule has 0 unspecified atom stereocenters. The van der Waals surface area contributed by atoms with Crippen molar-refractivity contribution in [2.45, 2.75) is 49.4 Å². The smallest absolute Gasteiger partial charge is 0.233 e. The molecule has 1 aliphatic rings. The van der Waals surface area contributed by atoms with E-state index in [1.54, 1.807) is 11.8 Å². The van der Waals surface area contributed by atoms with Gasteiger partial charge in [-0.25, -0.2) is 0 Å². The summed E-state index contributed by atoms with van der Waals surface area (Å²) in [6.07, 6.45) is 8.12. The number of ether oxygens (including phenoxy) is 1. The van der Waals surface area contributed by atoms with Gasteiger partial charge in [-0.05, 0) is 61.6 Å². The zero-order valence-electron chi connectivity index (χ0n) is 15.7. The van der Waals surface area contributed by atoms with E-state index >= 15 is 0 Å². The summed E-state index contributed by atoms with van der Waals surface area (Å²) >= 11 is 1.33. The van der Waals surface area contributed by atoms with E-state index in [9.17, 15) is 4.79 Å². The molecule has 1 aliphatic carbocycles. The third-order valence-electron chi connectivity index (χ3n) is 4.54. The van der Waals surface area contributed by atoms with Gasteiger partial charge in [-0.15, -0.1) is 5.10 Å². The van der Waals surface area contributed by atoms with Crippen LogP contribution in [0.25, 0.3) is 5.69 Å². The molecule has 1 aromatic heterocycles. The lowest BCUT2D eigenvalue weighted by Gasteiger charge is -2.15. The van der Waals surface area contributed by atoms with E-state index in [4.69, 9.17) is 4.74 Å². The number of carbonyl (C=O) groups is 1. The number of methoxy groups -OCH3 is 1. The third-order valence-corrected chi connectivity index (χ3v) is 5.57. The number of hydrogen-bond acceptors (Lipinski definition) is 6. The van der Waals surface area contributed by atoms with E-state index in [2.05, 4.69) is 26.9 Å². The van der Waals surface area contributed by atoms with Crippen molar-refractivity contribution in [3.8, 4) is 11.4 Å². The Labute approximate surface area is 163 Å². The number of tetrazole rings is 1. The first kappa shape index (κ1) is 19.4. The summed E-state index contributed by atoms with van der Waals surface area (Å²) in [6, 6.07) is 7.50. The van der Waals surface area contributed by atoms with E-state index in [1.807, 2.05) is 31.2 Å². The summed E-state index contributed by atoms with van der Waals surface area (Å²) in [7, 11) is 1.60. The van der Waals surface area contributed by atoms with Crippen LogP contribution in [0.5, 0.6) is 5.75 Å². The second kappa shape index (κ2) is 9.55. The van der Waals surface area contributed by atoms with Crippen LogP contribution in [0.4, 0.5) is 0 Å². The van der Waals surface area contributed by atoms with Crippen LogP contribution in [0.1, 0.15) is 39.0 Å². The van der Waals surface area contributed by atoms with Crippen molar-refractivity contribution in [1.29, 1.82) is 0 Å². The Hall–Kier alpha value is -2.35. The highest BCUT2D eigenvalue weighted by Gasteiger charge is 2.20. The van der Waals surface area contributed by atoms with Crippen molar-refractivity contribution in [2.75, 3.05) is 13.7 Å². The van der Waals surface area contributed by atoms with E-state index in [0.29, 0.717) is 17.5 Å². The lowest BCUT2D eigenvalue weighted by molar-refractivity contribution is -0.120. The summed E-state index contributed by atoms with van der Waals surface area (Å²) in [5.74, 6) is 0.662. The first-order valence-corrected chi connectivity index (χ1v) is 10.1. The van der Waals surface area contributed by atoms with Gasteiger partial charge >= 0.3 is 0 Å². The van der Waals surface area contributed by atoms with Gasteiger partial charge in [0.25, 0.3) is 0 Å². The number of allylic oxidation sites excluding steroid dienone is 1. The minimum Gasteiger partial charge on any atom is -0.494 e. The largest absolute Gasteiger partial charge is 0.494 e. The van der Waals surface area contributed by atoms with E-state index in [0.717, 1.165) is 18.5 Å². The molecule has 27 heavy (non-hydrogen) atoms. The molecule has 2 aromatic rings. The molecule has 0 saturated heterocycles. The zero-order valence-corrected chi connectivity index (χ0v) is 16.5. The fourth-order valence-corrected chi connectivity index (χ4v) is 3.87. The van der Waals surface area contributed by atoms with Crippen LogP contribution in [0, 0.1) is 0 Å². The number of rotatable bonds is 8. The minimum atomic E-state index is -0.301. The van der Waals surface area contributed by atoms with Crippen molar-refractivity contribution in [3.63, 3.8) is 0 Å². The standard InChI is InChI=1S/C19H25N5O2S/c1-14(18(25)20-13-12-15-8-4-3-5-9-15)27-19-21-22-23-24(19)16-10-6-7-11-17(16)26-2/h6-8,10-11,14H,3-5,9,12-13H2,1-2H3,(H,20,25)/t14-/m1/s1. The predicted octanol–water partition coefficient (Wildman–Crippen LogP) is 3.16.